The average Bonchev–Trinajstić information content (AvgIpc) is 3.73. The Bertz CT molecular complexity index is 1290. The van der Waals surface area contributed by atoms with Gasteiger partial charge in [-0.25, -0.2) is 9.59 Å². The first-order valence-electron chi connectivity index (χ1n) is 13.0. The fourth-order valence-electron chi connectivity index (χ4n) is 3.96. The van der Waals surface area contributed by atoms with Crippen LogP contribution in [0.1, 0.15) is 56.1 Å². The molecule has 2 aromatic carbocycles. The Morgan fingerprint density at radius 3 is 2.00 bits per heavy atom. The Morgan fingerprint density at radius 2 is 1.53 bits per heavy atom. The van der Waals surface area contributed by atoms with Gasteiger partial charge >= 0.3 is 31.5 Å². The van der Waals surface area contributed by atoms with Crippen LogP contribution in [0.4, 0.5) is 31.1 Å². The number of alkyl halides is 6. The number of carbonyl (C=O) groups excluding carboxylic acids is 2. The molecule has 2 atom stereocenters. The summed E-state index contributed by atoms with van der Waals surface area (Å²) in [5.41, 5.74) is -5.94. The first-order chi connectivity index (χ1) is 19.8. The highest BCUT2D eigenvalue weighted by molar-refractivity contribution is 6.58. The molecule has 43 heavy (non-hydrogen) atoms. The largest absolute Gasteiger partial charge is 0.464 e. The minimum absolute atomic E-state index is 0.0194. The number of halogens is 6. The van der Waals surface area contributed by atoms with Crippen molar-refractivity contribution in [3.63, 3.8) is 0 Å². The summed E-state index contributed by atoms with van der Waals surface area (Å²) in [5.74, 6) is -0.845. The van der Waals surface area contributed by atoms with E-state index >= 15 is 0 Å². The van der Waals surface area contributed by atoms with E-state index in [4.69, 9.17) is 18.9 Å². The summed E-state index contributed by atoms with van der Waals surface area (Å²) >= 11 is 0. The van der Waals surface area contributed by atoms with Gasteiger partial charge in [-0.3, -0.25) is 0 Å². The van der Waals surface area contributed by atoms with E-state index in [1.54, 1.807) is 51.1 Å². The SMILES string of the molecule is COC(=O)/C(=C\[C@](CO[C@H](C)c1cc(C(F)(F)F)cc(C(F)(F)F)c1)(NC(=O)OC(C)(C)C)c1ccccc1)NB1CO1. The lowest BCUT2D eigenvalue weighted by atomic mass is 9.87. The summed E-state index contributed by atoms with van der Waals surface area (Å²) in [6, 6.07) is 9.22. The molecule has 0 bridgehead atoms. The number of rotatable bonds is 10. The van der Waals surface area contributed by atoms with Gasteiger partial charge in [0.2, 0.25) is 0 Å². The number of esters is 1. The Hall–Kier alpha value is -3.72. The Labute approximate surface area is 244 Å². The van der Waals surface area contributed by atoms with Gasteiger partial charge in [-0.05, 0) is 63.1 Å². The molecule has 234 valence electrons. The first-order valence-corrected chi connectivity index (χ1v) is 13.0. The molecule has 8 nitrogen and oxygen atoms in total. The predicted molar refractivity (Wildman–Crippen MR) is 143 cm³/mol. The van der Waals surface area contributed by atoms with Crippen molar-refractivity contribution in [2.24, 2.45) is 0 Å². The van der Waals surface area contributed by atoms with Crippen LogP contribution < -0.4 is 10.5 Å². The number of methoxy groups -OCH3 is 1. The second kappa shape index (κ2) is 12.9. The van der Waals surface area contributed by atoms with Crippen molar-refractivity contribution in [2.75, 3.05) is 20.2 Å². The number of nitrogens with one attached hydrogen (secondary N) is 2. The average molecular weight is 616 g/mol. The minimum Gasteiger partial charge on any atom is -0.464 e. The van der Waals surface area contributed by atoms with Crippen LogP contribution in [-0.2, 0) is 41.6 Å². The molecule has 1 saturated heterocycles. The van der Waals surface area contributed by atoms with E-state index in [1.165, 1.54) is 13.0 Å². The van der Waals surface area contributed by atoms with Gasteiger partial charge in [-0.15, -0.1) is 0 Å². The van der Waals surface area contributed by atoms with Crippen molar-refractivity contribution in [1.29, 1.82) is 0 Å². The molecule has 1 fully saturated rings. The fraction of sp³-hybridized carbons (Fsp3) is 0.429. The lowest BCUT2D eigenvalue weighted by Gasteiger charge is -2.35. The third-order valence-corrected chi connectivity index (χ3v) is 6.10. The van der Waals surface area contributed by atoms with Crippen LogP contribution in [0.15, 0.2) is 60.3 Å². The van der Waals surface area contributed by atoms with E-state index in [0.717, 1.165) is 7.11 Å². The summed E-state index contributed by atoms with van der Waals surface area (Å²) in [5, 5.41) is 5.50. The fourth-order valence-corrected chi connectivity index (χ4v) is 3.96. The minimum atomic E-state index is -5.06. The van der Waals surface area contributed by atoms with Gasteiger partial charge in [-0.1, -0.05) is 30.3 Å². The molecule has 0 saturated carbocycles. The highest BCUT2D eigenvalue weighted by atomic mass is 19.4. The third kappa shape index (κ3) is 9.65. The van der Waals surface area contributed by atoms with Crippen molar-refractivity contribution >= 4 is 19.1 Å². The van der Waals surface area contributed by atoms with E-state index in [2.05, 4.69) is 10.5 Å². The summed E-state index contributed by atoms with van der Waals surface area (Å²) in [6.45, 7) is 5.81. The Morgan fingerprint density at radius 1 is 0.977 bits per heavy atom. The molecule has 0 radical (unpaired) electrons. The normalized spacial score (nSPS) is 16.2. The molecule has 1 heterocycles. The molecular weight excluding hydrogens is 585 g/mol. The van der Waals surface area contributed by atoms with Crippen molar-refractivity contribution in [3.8, 4) is 0 Å². The topological polar surface area (TPSA) is 98.4 Å². The summed E-state index contributed by atoms with van der Waals surface area (Å²) in [7, 11) is 0.591. The molecule has 0 aliphatic carbocycles. The molecule has 0 unspecified atom stereocenters. The van der Waals surface area contributed by atoms with Crippen LogP contribution in [0.25, 0.3) is 0 Å². The second-order valence-corrected chi connectivity index (χ2v) is 10.8. The Balaban J connectivity index is 2.12. The van der Waals surface area contributed by atoms with Crippen LogP contribution in [0.5, 0.6) is 0 Å². The van der Waals surface area contributed by atoms with Crippen molar-refractivity contribution < 1.29 is 54.8 Å². The maximum Gasteiger partial charge on any atom is 0.438 e. The van der Waals surface area contributed by atoms with Crippen LogP contribution in [-0.4, -0.2) is 44.9 Å². The van der Waals surface area contributed by atoms with Crippen molar-refractivity contribution in [1.82, 2.24) is 10.5 Å². The number of alkyl carbamates (subject to hydrolysis) is 1. The number of carbonyl (C=O) groups is 2. The van der Waals surface area contributed by atoms with Gasteiger partial charge in [0.1, 0.15) is 16.8 Å². The molecule has 3 rings (SSSR count). The van der Waals surface area contributed by atoms with Crippen molar-refractivity contribution in [3.05, 3.63) is 82.6 Å². The summed E-state index contributed by atoms with van der Waals surface area (Å²) in [6.07, 6.45) is -11.1. The first kappa shape index (κ1) is 33.8. The lowest BCUT2D eigenvalue weighted by molar-refractivity contribution is -0.143. The van der Waals surface area contributed by atoms with E-state index < -0.39 is 72.0 Å². The van der Waals surface area contributed by atoms with Gasteiger partial charge < -0.3 is 29.4 Å². The van der Waals surface area contributed by atoms with E-state index in [-0.39, 0.29) is 18.3 Å². The smallest absolute Gasteiger partial charge is 0.438 e. The zero-order valence-electron chi connectivity index (χ0n) is 24.0. The summed E-state index contributed by atoms with van der Waals surface area (Å²) in [4.78, 5) is 25.8. The Kier molecular flexibility index (Phi) is 10.1. The molecule has 1 aliphatic heterocycles. The number of amides is 1. The van der Waals surface area contributed by atoms with Crippen molar-refractivity contribution in [2.45, 2.75) is 57.3 Å². The molecule has 2 aromatic rings. The maximum absolute atomic E-state index is 13.5. The predicted octanol–water partition coefficient (Wildman–Crippen LogP) is 5.93. The number of hydrogen-bond donors (Lipinski definition) is 2. The summed E-state index contributed by atoms with van der Waals surface area (Å²) < 4.78 is 102. The quantitative estimate of drug-likeness (QED) is 0.112. The van der Waals surface area contributed by atoms with Crippen LogP contribution in [0, 0.1) is 0 Å². The number of benzene rings is 2. The third-order valence-electron chi connectivity index (χ3n) is 6.10. The molecule has 2 N–H and O–H groups in total. The zero-order valence-corrected chi connectivity index (χ0v) is 24.0. The number of ether oxygens (including phenoxy) is 3. The molecule has 0 aromatic heterocycles. The maximum atomic E-state index is 13.5. The monoisotopic (exact) mass is 616 g/mol. The molecule has 1 aliphatic rings. The molecule has 15 heteroatoms. The standard InChI is InChI=1S/C28H31BF6N2O6/c1-17(18-11-20(27(30,31)32)13-21(12-18)28(33,34)35)41-15-26(19-9-7-6-8-10-19,36-24(39)43-25(2,3)4)14-22(23(38)40-5)37-29-16-42-29/h6-14,17,37H,15-16H2,1-5H3,(H,36,39)/b22-14+/t17-,26-/m1/s1. The molecular formula is C28H31BF6N2O6. The molecule has 0 spiro atoms. The van der Waals surface area contributed by atoms with Gasteiger partial charge in [0.05, 0.1) is 37.5 Å². The molecule has 1 amide bonds. The highest BCUT2D eigenvalue weighted by Gasteiger charge is 2.41. The van der Waals surface area contributed by atoms with E-state index in [1.807, 2.05) is 0 Å². The van der Waals surface area contributed by atoms with Gasteiger partial charge in [0.25, 0.3) is 0 Å². The van der Waals surface area contributed by atoms with Crippen LogP contribution in [0.3, 0.4) is 0 Å². The van der Waals surface area contributed by atoms with Gasteiger partial charge in [-0.2, -0.15) is 26.3 Å². The second-order valence-electron chi connectivity index (χ2n) is 10.8. The zero-order chi connectivity index (χ0) is 32.2. The lowest BCUT2D eigenvalue weighted by Crippen LogP contribution is -2.50. The van der Waals surface area contributed by atoms with E-state index in [9.17, 15) is 35.9 Å². The van der Waals surface area contributed by atoms with Crippen LogP contribution in [0.2, 0.25) is 0 Å². The van der Waals surface area contributed by atoms with E-state index in [0.29, 0.717) is 17.7 Å². The highest BCUT2D eigenvalue weighted by Crippen LogP contribution is 2.38. The van der Waals surface area contributed by atoms with Gasteiger partial charge in [0, 0.05) is 0 Å². The van der Waals surface area contributed by atoms with Crippen LogP contribution >= 0.6 is 0 Å². The van der Waals surface area contributed by atoms with Gasteiger partial charge in [0.15, 0.2) is 0 Å². The number of hydrogen-bond acceptors (Lipinski definition) is 7.